The van der Waals surface area contributed by atoms with E-state index in [-0.39, 0.29) is 11.8 Å². The summed E-state index contributed by atoms with van der Waals surface area (Å²) in [5, 5.41) is 3.57. The molecule has 0 aliphatic heterocycles. The fourth-order valence-electron chi connectivity index (χ4n) is 1.99. The molecule has 2 rings (SSSR count). The van der Waals surface area contributed by atoms with Crippen molar-refractivity contribution in [1.29, 1.82) is 0 Å². The van der Waals surface area contributed by atoms with E-state index in [1.807, 2.05) is 0 Å². The Bertz CT molecular complexity index is 302. The quantitative estimate of drug-likeness (QED) is 0.757. The summed E-state index contributed by atoms with van der Waals surface area (Å²) in [7, 11) is 0. The average molecular weight is 195 g/mol. The molecule has 5 nitrogen and oxygen atoms in total. The van der Waals surface area contributed by atoms with Crippen LogP contribution in [0.25, 0.3) is 0 Å². The fraction of sp³-hybridized carbons (Fsp3) is 0.667. The summed E-state index contributed by atoms with van der Waals surface area (Å²) in [5.41, 5.74) is 5.24. The number of nitrogens with zero attached hydrogens (tertiary/aromatic N) is 2. The molecule has 1 aromatic rings. The molecule has 1 amide bonds. The Kier molecular flexibility index (Phi) is 2.47. The zero-order valence-corrected chi connectivity index (χ0v) is 7.85. The number of hydrogen-bond donors (Lipinski definition) is 1. The van der Waals surface area contributed by atoms with Gasteiger partial charge in [0, 0.05) is 11.8 Å². The summed E-state index contributed by atoms with van der Waals surface area (Å²) < 4.78 is 4.99. The third kappa shape index (κ3) is 1.76. The minimum absolute atomic E-state index is 0.0363. The molecule has 0 aromatic carbocycles. The Morgan fingerprint density at radius 1 is 1.43 bits per heavy atom. The molecule has 1 saturated carbocycles. The van der Waals surface area contributed by atoms with Crippen LogP contribution in [0.15, 0.2) is 10.9 Å². The van der Waals surface area contributed by atoms with Gasteiger partial charge in [-0.2, -0.15) is 4.98 Å². The molecule has 2 N–H and O–H groups in total. The van der Waals surface area contributed by atoms with E-state index < -0.39 is 0 Å². The van der Waals surface area contributed by atoms with Crippen molar-refractivity contribution in [3.63, 3.8) is 0 Å². The van der Waals surface area contributed by atoms with Crippen LogP contribution in [0.1, 0.15) is 37.5 Å². The number of rotatable bonds is 2. The van der Waals surface area contributed by atoms with Crippen LogP contribution in [0, 0.1) is 5.92 Å². The molecule has 0 spiro atoms. The first-order valence-electron chi connectivity index (χ1n) is 4.83. The molecule has 5 heteroatoms. The minimum Gasteiger partial charge on any atom is -0.369 e. The lowest BCUT2D eigenvalue weighted by atomic mass is 9.81. The van der Waals surface area contributed by atoms with Gasteiger partial charge in [0.2, 0.25) is 11.8 Å². The zero-order valence-electron chi connectivity index (χ0n) is 7.85. The molecule has 1 aliphatic rings. The van der Waals surface area contributed by atoms with Crippen LogP contribution in [-0.2, 0) is 4.79 Å². The third-order valence-corrected chi connectivity index (χ3v) is 2.86. The molecule has 14 heavy (non-hydrogen) atoms. The highest BCUT2D eigenvalue weighted by Crippen LogP contribution is 2.34. The predicted molar refractivity (Wildman–Crippen MR) is 48.2 cm³/mol. The Labute approximate surface area is 81.7 Å². The Balaban J connectivity index is 1.93. The summed E-state index contributed by atoms with van der Waals surface area (Å²) >= 11 is 0. The van der Waals surface area contributed by atoms with Crippen LogP contribution in [0.3, 0.4) is 0 Å². The number of primary amides is 1. The number of aromatic nitrogens is 2. The van der Waals surface area contributed by atoms with Gasteiger partial charge in [-0.15, -0.1) is 0 Å². The van der Waals surface area contributed by atoms with E-state index in [0.29, 0.717) is 11.8 Å². The smallest absolute Gasteiger partial charge is 0.229 e. The molecule has 0 radical (unpaired) electrons. The van der Waals surface area contributed by atoms with E-state index in [4.69, 9.17) is 10.3 Å². The number of carbonyl (C=O) groups excluding carboxylic acids is 1. The van der Waals surface area contributed by atoms with Crippen molar-refractivity contribution in [1.82, 2.24) is 10.1 Å². The molecule has 0 saturated heterocycles. The normalized spacial score (nSPS) is 27.4. The SMILES string of the molecule is NC(=O)C1CCC(c2ncno2)CC1. The van der Waals surface area contributed by atoms with E-state index in [9.17, 15) is 4.79 Å². The average Bonchev–Trinajstić information content (AvgIpc) is 2.71. The van der Waals surface area contributed by atoms with Crippen molar-refractivity contribution in [2.45, 2.75) is 31.6 Å². The molecule has 1 fully saturated rings. The van der Waals surface area contributed by atoms with Crippen molar-refractivity contribution >= 4 is 5.91 Å². The summed E-state index contributed by atoms with van der Waals surface area (Å²) in [4.78, 5) is 14.9. The molecular formula is C9H13N3O2. The van der Waals surface area contributed by atoms with Gasteiger partial charge in [-0.3, -0.25) is 4.79 Å². The summed E-state index contributed by atoms with van der Waals surface area (Å²) in [6.45, 7) is 0. The van der Waals surface area contributed by atoms with Gasteiger partial charge >= 0.3 is 0 Å². The monoisotopic (exact) mass is 195 g/mol. The number of amides is 1. The van der Waals surface area contributed by atoms with Gasteiger partial charge in [-0.25, -0.2) is 0 Å². The second-order valence-corrected chi connectivity index (χ2v) is 3.73. The largest absolute Gasteiger partial charge is 0.369 e. The van der Waals surface area contributed by atoms with Gasteiger partial charge in [-0.1, -0.05) is 5.16 Å². The summed E-state index contributed by atoms with van der Waals surface area (Å²) in [5.74, 6) is 0.851. The van der Waals surface area contributed by atoms with Crippen LogP contribution in [0.4, 0.5) is 0 Å². The first-order chi connectivity index (χ1) is 6.77. The van der Waals surface area contributed by atoms with Gasteiger partial charge < -0.3 is 10.3 Å². The molecule has 0 unspecified atom stereocenters. The lowest BCUT2D eigenvalue weighted by Gasteiger charge is -2.23. The van der Waals surface area contributed by atoms with Crippen LogP contribution in [-0.4, -0.2) is 16.0 Å². The van der Waals surface area contributed by atoms with Crippen molar-refractivity contribution in [3.05, 3.63) is 12.2 Å². The van der Waals surface area contributed by atoms with Crippen molar-refractivity contribution in [2.24, 2.45) is 11.7 Å². The van der Waals surface area contributed by atoms with Gasteiger partial charge in [0.1, 0.15) is 0 Å². The number of carbonyl (C=O) groups is 1. The van der Waals surface area contributed by atoms with Gasteiger partial charge in [0.05, 0.1) is 0 Å². The Morgan fingerprint density at radius 3 is 2.64 bits per heavy atom. The van der Waals surface area contributed by atoms with Crippen molar-refractivity contribution in [3.8, 4) is 0 Å². The maximum atomic E-state index is 10.9. The van der Waals surface area contributed by atoms with E-state index >= 15 is 0 Å². The number of hydrogen-bond acceptors (Lipinski definition) is 4. The highest BCUT2D eigenvalue weighted by molar-refractivity contribution is 5.76. The van der Waals surface area contributed by atoms with E-state index in [1.165, 1.54) is 6.33 Å². The molecular weight excluding hydrogens is 182 g/mol. The second-order valence-electron chi connectivity index (χ2n) is 3.73. The van der Waals surface area contributed by atoms with Gasteiger partial charge in [0.25, 0.3) is 0 Å². The molecule has 1 heterocycles. The zero-order chi connectivity index (χ0) is 9.97. The highest BCUT2D eigenvalue weighted by Gasteiger charge is 2.27. The molecule has 76 valence electrons. The van der Waals surface area contributed by atoms with E-state index in [2.05, 4.69) is 10.1 Å². The lowest BCUT2D eigenvalue weighted by Crippen LogP contribution is -2.27. The maximum Gasteiger partial charge on any atom is 0.229 e. The van der Waals surface area contributed by atoms with E-state index in [0.717, 1.165) is 25.7 Å². The molecule has 1 aromatic heterocycles. The molecule has 0 bridgehead atoms. The predicted octanol–water partition coefficient (Wildman–Crippen LogP) is 0.829. The van der Waals surface area contributed by atoms with Crippen molar-refractivity contribution < 1.29 is 9.32 Å². The van der Waals surface area contributed by atoms with Crippen molar-refractivity contribution in [2.75, 3.05) is 0 Å². The van der Waals surface area contributed by atoms with E-state index in [1.54, 1.807) is 0 Å². The Hall–Kier alpha value is -1.39. The maximum absolute atomic E-state index is 10.9. The standard InChI is InChI=1S/C9H13N3O2/c10-8(13)6-1-3-7(4-2-6)9-11-5-12-14-9/h5-7H,1-4H2,(H2,10,13). The van der Waals surface area contributed by atoms with Crippen LogP contribution in [0.2, 0.25) is 0 Å². The van der Waals surface area contributed by atoms with Crippen LogP contribution < -0.4 is 5.73 Å². The van der Waals surface area contributed by atoms with Crippen LogP contribution in [0.5, 0.6) is 0 Å². The topological polar surface area (TPSA) is 82.0 Å². The van der Waals surface area contributed by atoms with Gasteiger partial charge in [0.15, 0.2) is 6.33 Å². The molecule has 1 aliphatic carbocycles. The second kappa shape index (κ2) is 3.77. The first kappa shape index (κ1) is 9.18. The third-order valence-electron chi connectivity index (χ3n) is 2.86. The summed E-state index contributed by atoms with van der Waals surface area (Å²) in [6, 6.07) is 0. The van der Waals surface area contributed by atoms with Crippen LogP contribution >= 0.6 is 0 Å². The molecule has 0 atom stereocenters. The number of nitrogens with two attached hydrogens (primary N) is 1. The van der Waals surface area contributed by atoms with Gasteiger partial charge in [-0.05, 0) is 25.7 Å². The highest BCUT2D eigenvalue weighted by atomic mass is 16.5. The fourth-order valence-corrected chi connectivity index (χ4v) is 1.99. The lowest BCUT2D eigenvalue weighted by molar-refractivity contribution is -0.122. The summed E-state index contributed by atoms with van der Waals surface area (Å²) in [6.07, 6.45) is 4.91. The minimum atomic E-state index is -0.186. The Morgan fingerprint density at radius 2 is 2.14 bits per heavy atom. The first-order valence-corrected chi connectivity index (χ1v) is 4.83.